The second-order valence-electron chi connectivity index (χ2n) is 8.09. The van der Waals surface area contributed by atoms with Gasteiger partial charge in [0.25, 0.3) is 11.8 Å². The molecule has 7 nitrogen and oxygen atoms in total. The van der Waals surface area contributed by atoms with Gasteiger partial charge in [-0.1, -0.05) is 42.1 Å². The number of amides is 2. The van der Waals surface area contributed by atoms with Gasteiger partial charge in [-0.3, -0.25) is 9.59 Å². The molecule has 31 heavy (non-hydrogen) atoms. The number of carbonyl (C=O) groups excluding carboxylic acids is 2. The van der Waals surface area contributed by atoms with Crippen LogP contribution in [0.25, 0.3) is 0 Å². The molecule has 2 heterocycles. The molecule has 4 N–H and O–H groups in total. The molecule has 0 spiro atoms. The minimum absolute atomic E-state index is 0.00176. The molecule has 2 aliphatic heterocycles. The van der Waals surface area contributed by atoms with Crippen LogP contribution in [0.3, 0.4) is 0 Å². The molecule has 2 unspecified atom stereocenters. The van der Waals surface area contributed by atoms with E-state index in [2.05, 4.69) is 29.8 Å². The number of morpholine rings is 1. The zero-order valence-corrected chi connectivity index (χ0v) is 18.6. The number of nitrogens with one attached hydrogen (secondary N) is 4. The van der Waals surface area contributed by atoms with E-state index < -0.39 is 0 Å². The van der Waals surface area contributed by atoms with E-state index in [1.54, 1.807) is 17.8 Å². The number of benzene rings is 2. The summed E-state index contributed by atoms with van der Waals surface area (Å²) in [7, 11) is 2.12. The molecule has 8 heteroatoms. The summed E-state index contributed by atoms with van der Waals surface area (Å²) in [5.74, 6) is -0.117. The molecule has 164 valence electrons. The summed E-state index contributed by atoms with van der Waals surface area (Å²) >= 11 is 1.58. The molecule has 2 aromatic carbocycles. The molecule has 2 aliphatic rings. The first-order chi connectivity index (χ1) is 15.1. The van der Waals surface area contributed by atoms with Crippen molar-refractivity contribution in [3.05, 3.63) is 59.7 Å². The number of carbonyl (C=O) groups is 2. The lowest BCUT2D eigenvalue weighted by molar-refractivity contribution is -0.909. The fourth-order valence-corrected chi connectivity index (χ4v) is 5.14. The Hall–Kier alpha value is -2.39. The SMILES string of the molecule is C[NH+](CCNC(=O)c1ccc2c(c1)NC(=O)C([NH+]1CCOCC1)S2)Cc1ccccc1. The highest BCUT2D eigenvalue weighted by Gasteiger charge is 2.36. The minimum atomic E-state index is -0.167. The summed E-state index contributed by atoms with van der Waals surface area (Å²) in [5.41, 5.74) is 2.57. The van der Waals surface area contributed by atoms with E-state index in [0.29, 0.717) is 25.3 Å². The Morgan fingerprint density at radius 3 is 2.77 bits per heavy atom. The Morgan fingerprint density at radius 2 is 2.00 bits per heavy atom. The standard InChI is InChI=1S/C23H28N4O3S/c1-26(16-17-5-3-2-4-6-17)10-9-24-21(28)18-7-8-20-19(15-18)25-22(29)23(31-20)27-11-13-30-14-12-27/h2-8,15,23H,9-14,16H2,1H3,(H,24,28)(H,25,29)/p+2. The summed E-state index contributed by atoms with van der Waals surface area (Å²) in [6, 6.07) is 15.9. The number of fused-ring (bicyclic) bond motifs is 1. The van der Waals surface area contributed by atoms with E-state index in [0.717, 1.165) is 36.8 Å². The number of rotatable bonds is 7. The highest BCUT2D eigenvalue weighted by atomic mass is 32.2. The molecule has 0 aliphatic carbocycles. The minimum Gasteiger partial charge on any atom is -0.370 e. The van der Waals surface area contributed by atoms with Crippen molar-refractivity contribution in [3.63, 3.8) is 0 Å². The van der Waals surface area contributed by atoms with E-state index in [4.69, 9.17) is 4.74 Å². The van der Waals surface area contributed by atoms with Crippen LogP contribution in [0.2, 0.25) is 0 Å². The maximum atomic E-state index is 12.6. The van der Waals surface area contributed by atoms with Crippen molar-refractivity contribution in [2.75, 3.05) is 51.8 Å². The largest absolute Gasteiger partial charge is 0.370 e. The van der Waals surface area contributed by atoms with Crippen molar-refractivity contribution in [3.8, 4) is 0 Å². The first kappa shape index (κ1) is 21.8. The molecule has 2 aromatic rings. The molecular formula is C23H30N4O3S+2. The Kier molecular flexibility index (Phi) is 7.24. The number of anilines is 1. The lowest BCUT2D eigenvalue weighted by atomic mass is 10.1. The van der Waals surface area contributed by atoms with Gasteiger partial charge in [-0.25, -0.2) is 0 Å². The van der Waals surface area contributed by atoms with E-state index >= 15 is 0 Å². The highest BCUT2D eigenvalue weighted by Crippen LogP contribution is 2.34. The number of quaternary nitrogens is 2. The van der Waals surface area contributed by atoms with E-state index in [1.165, 1.54) is 15.4 Å². The monoisotopic (exact) mass is 442 g/mol. The van der Waals surface area contributed by atoms with Gasteiger partial charge in [0.1, 0.15) is 19.6 Å². The Bertz CT molecular complexity index is 918. The summed E-state index contributed by atoms with van der Waals surface area (Å²) in [5, 5.41) is 5.83. The second-order valence-corrected chi connectivity index (χ2v) is 9.24. The third kappa shape index (κ3) is 5.65. The van der Waals surface area contributed by atoms with Crippen molar-refractivity contribution in [1.82, 2.24) is 5.32 Å². The van der Waals surface area contributed by atoms with Crippen LogP contribution in [0.5, 0.6) is 0 Å². The Labute approximate surface area is 187 Å². The predicted molar refractivity (Wildman–Crippen MR) is 120 cm³/mol. The quantitative estimate of drug-likeness (QED) is 0.463. The summed E-state index contributed by atoms with van der Waals surface area (Å²) in [6.07, 6.45) is 0. The van der Waals surface area contributed by atoms with Gasteiger partial charge in [0.2, 0.25) is 5.37 Å². The third-order valence-corrected chi connectivity index (χ3v) is 7.07. The average Bonchev–Trinajstić information content (AvgIpc) is 2.79. The summed E-state index contributed by atoms with van der Waals surface area (Å²) in [4.78, 5) is 28.8. The zero-order chi connectivity index (χ0) is 21.6. The lowest BCUT2D eigenvalue weighted by Crippen LogP contribution is -3.18. The van der Waals surface area contributed by atoms with Crippen molar-refractivity contribution in [1.29, 1.82) is 0 Å². The topological polar surface area (TPSA) is 76.3 Å². The van der Waals surface area contributed by atoms with Gasteiger partial charge in [0.05, 0.1) is 39.0 Å². The molecule has 1 fully saturated rings. The molecular weight excluding hydrogens is 412 g/mol. The number of likely N-dealkylation sites (N-methyl/N-ethyl adjacent to an activating group) is 1. The highest BCUT2D eigenvalue weighted by molar-refractivity contribution is 8.00. The van der Waals surface area contributed by atoms with Crippen LogP contribution in [0, 0.1) is 0 Å². The Balaban J connectivity index is 1.30. The van der Waals surface area contributed by atoms with Gasteiger partial charge < -0.3 is 25.2 Å². The van der Waals surface area contributed by atoms with Crippen LogP contribution < -0.4 is 20.4 Å². The maximum Gasteiger partial charge on any atom is 0.294 e. The van der Waals surface area contributed by atoms with E-state index in [-0.39, 0.29) is 17.2 Å². The van der Waals surface area contributed by atoms with Crippen LogP contribution in [-0.2, 0) is 16.1 Å². The normalized spacial score (nSPS) is 19.9. The number of ether oxygens (including phenoxy) is 1. The second kappa shape index (κ2) is 10.3. The van der Waals surface area contributed by atoms with Gasteiger partial charge in [0.15, 0.2) is 0 Å². The van der Waals surface area contributed by atoms with Crippen molar-refractivity contribution >= 4 is 29.3 Å². The first-order valence-electron chi connectivity index (χ1n) is 10.8. The summed E-state index contributed by atoms with van der Waals surface area (Å²) in [6.45, 7) is 5.40. The predicted octanol–water partition coefficient (Wildman–Crippen LogP) is -0.583. The molecule has 0 aromatic heterocycles. The third-order valence-electron chi connectivity index (χ3n) is 5.67. The molecule has 0 saturated carbocycles. The smallest absolute Gasteiger partial charge is 0.294 e. The molecule has 0 bridgehead atoms. The van der Waals surface area contributed by atoms with E-state index in [1.807, 2.05) is 30.3 Å². The lowest BCUT2D eigenvalue weighted by Gasteiger charge is -2.32. The van der Waals surface area contributed by atoms with Crippen LogP contribution in [0.1, 0.15) is 15.9 Å². The molecule has 2 atom stereocenters. The fourth-order valence-electron chi connectivity index (χ4n) is 3.94. The fraction of sp³-hybridized carbons (Fsp3) is 0.391. The van der Waals surface area contributed by atoms with Crippen LogP contribution >= 0.6 is 11.8 Å². The zero-order valence-electron chi connectivity index (χ0n) is 17.8. The van der Waals surface area contributed by atoms with Gasteiger partial charge in [-0.2, -0.15) is 0 Å². The average molecular weight is 443 g/mol. The maximum absolute atomic E-state index is 12.6. The van der Waals surface area contributed by atoms with Crippen LogP contribution in [-0.4, -0.2) is 63.6 Å². The first-order valence-corrected chi connectivity index (χ1v) is 11.7. The van der Waals surface area contributed by atoms with Crippen LogP contribution in [0.4, 0.5) is 5.69 Å². The van der Waals surface area contributed by atoms with Gasteiger partial charge in [0, 0.05) is 16.0 Å². The van der Waals surface area contributed by atoms with Gasteiger partial charge >= 0.3 is 0 Å². The Morgan fingerprint density at radius 1 is 1.23 bits per heavy atom. The number of thioether (sulfide) groups is 1. The molecule has 2 amide bonds. The van der Waals surface area contributed by atoms with Crippen molar-refractivity contribution < 1.29 is 24.1 Å². The molecule has 4 rings (SSSR count). The van der Waals surface area contributed by atoms with Gasteiger partial charge in [-0.05, 0) is 18.2 Å². The van der Waals surface area contributed by atoms with Crippen molar-refractivity contribution in [2.45, 2.75) is 16.8 Å². The van der Waals surface area contributed by atoms with Crippen LogP contribution in [0.15, 0.2) is 53.4 Å². The molecule has 1 saturated heterocycles. The number of hydrogen-bond acceptors (Lipinski definition) is 4. The van der Waals surface area contributed by atoms with Gasteiger partial charge in [-0.15, -0.1) is 0 Å². The van der Waals surface area contributed by atoms with E-state index in [9.17, 15) is 9.59 Å². The summed E-state index contributed by atoms with van der Waals surface area (Å²) < 4.78 is 5.41. The number of hydrogen-bond donors (Lipinski definition) is 4. The molecule has 0 radical (unpaired) electrons. The van der Waals surface area contributed by atoms with Crippen molar-refractivity contribution in [2.24, 2.45) is 0 Å².